The van der Waals surface area contributed by atoms with Crippen molar-refractivity contribution in [2.24, 2.45) is 0 Å². The van der Waals surface area contributed by atoms with E-state index in [-0.39, 0.29) is 12.1 Å². The second-order valence-electron chi connectivity index (χ2n) is 5.00. The summed E-state index contributed by atoms with van der Waals surface area (Å²) in [4.78, 5) is 1.04. The Labute approximate surface area is 134 Å². The van der Waals surface area contributed by atoms with E-state index in [1.54, 1.807) is 11.3 Å². The molecule has 0 saturated heterocycles. The minimum absolute atomic E-state index is 0.00542. The summed E-state index contributed by atoms with van der Waals surface area (Å²) in [7, 11) is 0. The standard InChI is InChI=1S/C19H16N2S/c20-14-17(18-12-7-13-22-18)21-19(15-8-3-1-4-9-15)16-10-5-2-6-11-16/h1-13,17,19,21H/t17-/m1/s1. The number of nitrogens with zero attached hydrogens (tertiary/aromatic N) is 1. The summed E-state index contributed by atoms with van der Waals surface area (Å²) in [6, 6.07) is 26.5. The maximum atomic E-state index is 9.53. The van der Waals surface area contributed by atoms with Gasteiger partial charge in [0.1, 0.15) is 6.04 Å². The largest absolute Gasteiger partial charge is 0.287 e. The molecule has 0 fully saturated rings. The summed E-state index contributed by atoms with van der Waals surface area (Å²) in [6.45, 7) is 0. The van der Waals surface area contributed by atoms with E-state index >= 15 is 0 Å². The molecule has 108 valence electrons. The molecular weight excluding hydrogens is 288 g/mol. The molecule has 3 heteroatoms. The number of hydrogen-bond acceptors (Lipinski definition) is 3. The molecule has 2 aromatic carbocycles. The summed E-state index contributed by atoms with van der Waals surface area (Å²) >= 11 is 1.60. The molecule has 0 saturated carbocycles. The number of nitriles is 1. The second kappa shape index (κ2) is 7.04. The first-order chi connectivity index (χ1) is 10.9. The predicted molar refractivity (Wildman–Crippen MR) is 90.5 cm³/mol. The lowest BCUT2D eigenvalue weighted by Crippen LogP contribution is -2.26. The first kappa shape index (κ1) is 14.5. The SMILES string of the molecule is N#C[C@@H](NC(c1ccccc1)c1ccccc1)c1cccs1. The quantitative estimate of drug-likeness (QED) is 0.742. The van der Waals surface area contributed by atoms with Crippen molar-refractivity contribution in [3.63, 3.8) is 0 Å². The summed E-state index contributed by atoms with van der Waals surface area (Å²) in [5.41, 5.74) is 2.32. The number of rotatable bonds is 5. The van der Waals surface area contributed by atoms with Gasteiger partial charge in [-0.2, -0.15) is 5.26 Å². The van der Waals surface area contributed by atoms with Gasteiger partial charge in [-0.05, 0) is 22.6 Å². The van der Waals surface area contributed by atoms with Gasteiger partial charge in [-0.1, -0.05) is 66.7 Å². The minimum atomic E-state index is -0.314. The van der Waals surface area contributed by atoms with Gasteiger partial charge in [0.25, 0.3) is 0 Å². The van der Waals surface area contributed by atoms with Crippen molar-refractivity contribution in [3.05, 3.63) is 94.2 Å². The number of hydrogen-bond donors (Lipinski definition) is 1. The van der Waals surface area contributed by atoms with Crippen molar-refractivity contribution < 1.29 is 0 Å². The Morgan fingerprint density at radius 1 is 0.818 bits per heavy atom. The van der Waals surface area contributed by atoms with Crippen LogP contribution >= 0.6 is 11.3 Å². The average Bonchev–Trinajstić information content (AvgIpc) is 3.12. The highest BCUT2D eigenvalue weighted by Crippen LogP contribution is 2.27. The zero-order chi connectivity index (χ0) is 15.2. The van der Waals surface area contributed by atoms with Crippen molar-refractivity contribution >= 4 is 11.3 Å². The topological polar surface area (TPSA) is 35.8 Å². The van der Waals surface area contributed by atoms with Crippen LogP contribution in [0.2, 0.25) is 0 Å². The zero-order valence-corrected chi connectivity index (χ0v) is 12.8. The first-order valence-corrected chi connectivity index (χ1v) is 8.05. The Morgan fingerprint density at radius 2 is 1.41 bits per heavy atom. The van der Waals surface area contributed by atoms with Crippen LogP contribution in [0.1, 0.15) is 28.1 Å². The molecule has 0 spiro atoms. The monoisotopic (exact) mass is 304 g/mol. The first-order valence-electron chi connectivity index (χ1n) is 7.17. The molecule has 0 aliphatic carbocycles. The molecule has 1 heterocycles. The number of benzene rings is 2. The Balaban J connectivity index is 1.94. The van der Waals surface area contributed by atoms with Gasteiger partial charge in [0.05, 0.1) is 12.1 Å². The van der Waals surface area contributed by atoms with E-state index in [2.05, 4.69) is 35.7 Å². The van der Waals surface area contributed by atoms with Crippen LogP contribution in [-0.4, -0.2) is 0 Å². The lowest BCUT2D eigenvalue weighted by atomic mass is 9.98. The molecule has 22 heavy (non-hydrogen) atoms. The van der Waals surface area contributed by atoms with E-state index in [1.807, 2.05) is 53.9 Å². The normalized spacial score (nSPS) is 12.0. The van der Waals surface area contributed by atoms with Crippen LogP contribution in [0.5, 0.6) is 0 Å². The minimum Gasteiger partial charge on any atom is -0.287 e. The molecule has 3 aromatic rings. The van der Waals surface area contributed by atoms with Gasteiger partial charge < -0.3 is 0 Å². The Bertz CT molecular complexity index is 691. The van der Waals surface area contributed by atoms with Gasteiger partial charge in [-0.15, -0.1) is 11.3 Å². The molecule has 3 rings (SSSR count). The highest BCUT2D eigenvalue weighted by Gasteiger charge is 2.20. The molecule has 1 aromatic heterocycles. The fourth-order valence-corrected chi connectivity index (χ4v) is 3.21. The molecule has 0 aliphatic rings. The molecular formula is C19H16N2S. The fraction of sp³-hybridized carbons (Fsp3) is 0.105. The zero-order valence-electron chi connectivity index (χ0n) is 12.0. The van der Waals surface area contributed by atoms with Crippen LogP contribution in [0.4, 0.5) is 0 Å². The molecule has 0 radical (unpaired) electrons. The van der Waals surface area contributed by atoms with Crippen LogP contribution < -0.4 is 5.32 Å². The van der Waals surface area contributed by atoms with Gasteiger partial charge >= 0.3 is 0 Å². The third kappa shape index (κ3) is 3.25. The van der Waals surface area contributed by atoms with Gasteiger partial charge in [-0.3, -0.25) is 5.32 Å². The van der Waals surface area contributed by atoms with Gasteiger partial charge in [0, 0.05) is 4.88 Å². The molecule has 0 unspecified atom stereocenters. The summed E-state index contributed by atoms with van der Waals surface area (Å²) in [5.74, 6) is 0. The van der Waals surface area contributed by atoms with E-state index in [9.17, 15) is 5.26 Å². The van der Waals surface area contributed by atoms with Crippen molar-refractivity contribution in [2.75, 3.05) is 0 Å². The van der Waals surface area contributed by atoms with E-state index in [1.165, 1.54) is 0 Å². The molecule has 1 N–H and O–H groups in total. The van der Waals surface area contributed by atoms with Crippen molar-refractivity contribution in [2.45, 2.75) is 12.1 Å². The second-order valence-corrected chi connectivity index (χ2v) is 5.98. The summed E-state index contributed by atoms with van der Waals surface area (Å²) in [6.07, 6.45) is 0. The van der Waals surface area contributed by atoms with Crippen LogP contribution in [0.3, 0.4) is 0 Å². The third-order valence-electron chi connectivity index (χ3n) is 3.56. The number of nitrogens with one attached hydrogen (secondary N) is 1. The van der Waals surface area contributed by atoms with Crippen molar-refractivity contribution in [3.8, 4) is 6.07 Å². The van der Waals surface area contributed by atoms with E-state index in [0.717, 1.165) is 16.0 Å². The van der Waals surface area contributed by atoms with Crippen molar-refractivity contribution in [1.29, 1.82) is 5.26 Å². The van der Waals surface area contributed by atoms with E-state index in [4.69, 9.17) is 0 Å². The van der Waals surface area contributed by atoms with Crippen LogP contribution in [0.15, 0.2) is 78.2 Å². The fourth-order valence-electron chi connectivity index (χ4n) is 2.48. The summed E-state index contributed by atoms with van der Waals surface area (Å²) in [5, 5.41) is 15.0. The number of thiophene rings is 1. The lowest BCUT2D eigenvalue weighted by Gasteiger charge is -2.22. The Hall–Kier alpha value is -2.41. The van der Waals surface area contributed by atoms with Gasteiger partial charge in [0.15, 0.2) is 0 Å². The van der Waals surface area contributed by atoms with E-state index in [0.29, 0.717) is 0 Å². The van der Waals surface area contributed by atoms with Gasteiger partial charge in [0.2, 0.25) is 0 Å². The van der Waals surface area contributed by atoms with E-state index < -0.39 is 0 Å². The average molecular weight is 304 g/mol. The van der Waals surface area contributed by atoms with Gasteiger partial charge in [-0.25, -0.2) is 0 Å². The highest BCUT2D eigenvalue weighted by molar-refractivity contribution is 7.10. The maximum absolute atomic E-state index is 9.53. The summed E-state index contributed by atoms with van der Waals surface area (Å²) < 4.78 is 0. The third-order valence-corrected chi connectivity index (χ3v) is 4.49. The smallest absolute Gasteiger partial charge is 0.131 e. The van der Waals surface area contributed by atoms with Crippen molar-refractivity contribution in [1.82, 2.24) is 5.32 Å². The van der Waals surface area contributed by atoms with Crippen LogP contribution in [0.25, 0.3) is 0 Å². The van der Waals surface area contributed by atoms with Crippen LogP contribution in [-0.2, 0) is 0 Å². The molecule has 2 nitrogen and oxygen atoms in total. The lowest BCUT2D eigenvalue weighted by molar-refractivity contribution is 0.565. The molecule has 1 atom stereocenters. The maximum Gasteiger partial charge on any atom is 0.131 e. The predicted octanol–water partition coefficient (Wildman–Crippen LogP) is 4.69. The molecule has 0 bridgehead atoms. The molecule has 0 aliphatic heterocycles. The highest BCUT2D eigenvalue weighted by atomic mass is 32.1. The molecule has 0 amide bonds. The van der Waals surface area contributed by atoms with Crippen LogP contribution in [0, 0.1) is 11.3 Å². The Morgan fingerprint density at radius 3 is 1.86 bits per heavy atom. The Kier molecular flexibility index (Phi) is 4.65.